The van der Waals surface area contributed by atoms with E-state index in [-0.39, 0.29) is 11.8 Å². The molecule has 4 aromatic rings. The number of hydrogen-bond donors (Lipinski definition) is 2. The molecule has 1 atom stereocenters. The number of aromatic nitrogens is 1. The summed E-state index contributed by atoms with van der Waals surface area (Å²) in [5.41, 5.74) is 3.99. The number of rotatable bonds is 5. The summed E-state index contributed by atoms with van der Waals surface area (Å²) in [5.74, 6) is 0.0708. The Bertz CT molecular complexity index is 1240. The van der Waals surface area contributed by atoms with E-state index in [0.29, 0.717) is 35.9 Å². The van der Waals surface area contributed by atoms with E-state index in [4.69, 9.17) is 9.15 Å². The van der Waals surface area contributed by atoms with Gasteiger partial charge in [-0.25, -0.2) is 4.98 Å². The van der Waals surface area contributed by atoms with E-state index in [0.717, 1.165) is 23.1 Å². The SMILES string of the molecule is O=C(Nc1ccc(-c2nc3ccccc3o2)cc1)c1cccc(NC(=O)C2CCCO2)c1. The highest BCUT2D eigenvalue weighted by Crippen LogP contribution is 2.25. The minimum absolute atomic E-state index is 0.185. The zero-order valence-corrected chi connectivity index (χ0v) is 17.2. The third kappa shape index (κ3) is 4.24. The summed E-state index contributed by atoms with van der Waals surface area (Å²) in [5, 5.41) is 5.69. The Morgan fingerprint density at radius 1 is 0.906 bits per heavy atom. The first-order valence-corrected chi connectivity index (χ1v) is 10.5. The summed E-state index contributed by atoms with van der Waals surface area (Å²) < 4.78 is 11.2. The van der Waals surface area contributed by atoms with Crippen LogP contribution in [-0.4, -0.2) is 29.5 Å². The van der Waals surface area contributed by atoms with Gasteiger partial charge in [0.05, 0.1) is 0 Å². The predicted octanol–water partition coefficient (Wildman–Crippen LogP) is 4.86. The van der Waals surface area contributed by atoms with E-state index in [9.17, 15) is 9.59 Å². The molecule has 1 saturated heterocycles. The molecule has 1 aromatic heterocycles. The first-order valence-electron chi connectivity index (χ1n) is 10.5. The van der Waals surface area contributed by atoms with Crippen LogP contribution in [0.15, 0.2) is 77.2 Å². The predicted molar refractivity (Wildman–Crippen MR) is 121 cm³/mol. The van der Waals surface area contributed by atoms with Gasteiger partial charge in [-0.15, -0.1) is 0 Å². The number of anilines is 2. The third-order valence-electron chi connectivity index (χ3n) is 5.30. The summed E-state index contributed by atoms with van der Waals surface area (Å²) >= 11 is 0. The molecule has 1 fully saturated rings. The van der Waals surface area contributed by atoms with Crippen molar-refractivity contribution < 1.29 is 18.7 Å². The molecule has 0 radical (unpaired) electrons. The van der Waals surface area contributed by atoms with Gasteiger partial charge in [0.25, 0.3) is 11.8 Å². The number of nitrogens with zero attached hydrogens (tertiary/aromatic N) is 1. The van der Waals surface area contributed by atoms with Crippen LogP contribution in [0.5, 0.6) is 0 Å². The van der Waals surface area contributed by atoms with Crippen molar-refractivity contribution in [3.8, 4) is 11.5 Å². The number of amides is 2. The lowest BCUT2D eigenvalue weighted by Gasteiger charge is -2.11. The quantitative estimate of drug-likeness (QED) is 0.474. The Labute approximate surface area is 184 Å². The van der Waals surface area contributed by atoms with Crippen LogP contribution in [0.3, 0.4) is 0 Å². The van der Waals surface area contributed by atoms with E-state index in [1.165, 1.54) is 0 Å². The molecular formula is C25H21N3O4. The van der Waals surface area contributed by atoms with E-state index in [1.807, 2.05) is 36.4 Å². The zero-order valence-electron chi connectivity index (χ0n) is 17.2. The van der Waals surface area contributed by atoms with E-state index in [2.05, 4.69) is 15.6 Å². The van der Waals surface area contributed by atoms with Crippen LogP contribution in [0.1, 0.15) is 23.2 Å². The molecule has 32 heavy (non-hydrogen) atoms. The first kappa shape index (κ1) is 20.0. The lowest BCUT2D eigenvalue weighted by Crippen LogP contribution is -2.27. The molecule has 0 saturated carbocycles. The minimum atomic E-state index is -0.424. The van der Waals surface area contributed by atoms with Crippen molar-refractivity contribution in [2.45, 2.75) is 18.9 Å². The van der Waals surface area contributed by atoms with E-state index >= 15 is 0 Å². The maximum absolute atomic E-state index is 12.7. The van der Waals surface area contributed by atoms with Crippen molar-refractivity contribution in [2.24, 2.45) is 0 Å². The molecule has 0 bridgehead atoms. The first-order chi connectivity index (χ1) is 15.7. The maximum atomic E-state index is 12.7. The number of fused-ring (bicyclic) bond motifs is 1. The van der Waals surface area contributed by atoms with Crippen molar-refractivity contribution in [1.82, 2.24) is 4.98 Å². The van der Waals surface area contributed by atoms with Gasteiger partial charge in [0, 0.05) is 29.1 Å². The Hall–Kier alpha value is -3.97. The van der Waals surface area contributed by atoms with Crippen LogP contribution >= 0.6 is 0 Å². The molecule has 3 aromatic carbocycles. The molecule has 1 unspecified atom stereocenters. The van der Waals surface area contributed by atoms with Gasteiger partial charge in [-0.3, -0.25) is 9.59 Å². The molecule has 0 spiro atoms. The number of hydrogen-bond acceptors (Lipinski definition) is 5. The lowest BCUT2D eigenvalue weighted by atomic mass is 10.1. The lowest BCUT2D eigenvalue weighted by molar-refractivity contribution is -0.124. The average Bonchev–Trinajstić information content (AvgIpc) is 3.50. The molecule has 7 heteroatoms. The normalized spacial score (nSPS) is 15.6. The average molecular weight is 427 g/mol. The Balaban J connectivity index is 1.26. The van der Waals surface area contributed by atoms with Crippen molar-refractivity contribution in [3.05, 3.63) is 78.4 Å². The van der Waals surface area contributed by atoms with Gasteiger partial charge in [-0.05, 0) is 67.4 Å². The second kappa shape index (κ2) is 8.64. The van der Waals surface area contributed by atoms with Crippen LogP contribution in [-0.2, 0) is 9.53 Å². The van der Waals surface area contributed by atoms with Crippen LogP contribution in [0, 0.1) is 0 Å². The molecule has 0 aliphatic carbocycles. The molecule has 7 nitrogen and oxygen atoms in total. The van der Waals surface area contributed by atoms with E-state index < -0.39 is 6.10 Å². The van der Waals surface area contributed by atoms with Gasteiger partial charge in [0.15, 0.2) is 5.58 Å². The van der Waals surface area contributed by atoms with Crippen LogP contribution < -0.4 is 10.6 Å². The van der Waals surface area contributed by atoms with Gasteiger partial charge in [0.2, 0.25) is 5.89 Å². The topological polar surface area (TPSA) is 93.5 Å². The highest BCUT2D eigenvalue weighted by atomic mass is 16.5. The standard InChI is InChI=1S/C25H21N3O4/c29-23(17-5-3-6-19(15-17)27-24(30)22-9-4-14-31-22)26-18-12-10-16(11-13-18)25-28-20-7-1-2-8-21(20)32-25/h1-3,5-8,10-13,15,22H,4,9,14H2,(H,26,29)(H,27,30). The van der Waals surface area contributed by atoms with Crippen molar-refractivity contribution in [1.29, 1.82) is 0 Å². The second-order valence-corrected chi connectivity index (χ2v) is 7.59. The van der Waals surface area contributed by atoms with Gasteiger partial charge < -0.3 is 19.8 Å². The Morgan fingerprint density at radius 3 is 2.53 bits per heavy atom. The number of para-hydroxylation sites is 2. The zero-order chi connectivity index (χ0) is 21.9. The van der Waals surface area contributed by atoms with Crippen LogP contribution in [0.25, 0.3) is 22.6 Å². The smallest absolute Gasteiger partial charge is 0.255 e. The highest BCUT2D eigenvalue weighted by molar-refractivity contribution is 6.05. The molecular weight excluding hydrogens is 406 g/mol. The number of carbonyl (C=O) groups is 2. The number of nitrogens with one attached hydrogen (secondary N) is 2. The molecule has 5 rings (SSSR count). The second-order valence-electron chi connectivity index (χ2n) is 7.59. The number of oxazole rings is 1. The monoisotopic (exact) mass is 427 g/mol. The summed E-state index contributed by atoms with van der Waals surface area (Å²) in [6, 6.07) is 21.7. The van der Waals surface area contributed by atoms with Crippen molar-refractivity contribution >= 4 is 34.3 Å². The summed E-state index contributed by atoms with van der Waals surface area (Å²) in [6.45, 7) is 0.603. The Kier molecular flexibility index (Phi) is 5.39. The fourth-order valence-corrected chi connectivity index (χ4v) is 3.64. The fourth-order valence-electron chi connectivity index (χ4n) is 3.64. The highest BCUT2D eigenvalue weighted by Gasteiger charge is 2.23. The van der Waals surface area contributed by atoms with Crippen molar-refractivity contribution in [2.75, 3.05) is 17.2 Å². The van der Waals surface area contributed by atoms with E-state index in [1.54, 1.807) is 36.4 Å². The maximum Gasteiger partial charge on any atom is 0.255 e. The number of ether oxygens (including phenoxy) is 1. The van der Waals surface area contributed by atoms with Crippen LogP contribution in [0.2, 0.25) is 0 Å². The van der Waals surface area contributed by atoms with Crippen molar-refractivity contribution in [3.63, 3.8) is 0 Å². The van der Waals surface area contributed by atoms with Gasteiger partial charge in [0.1, 0.15) is 11.6 Å². The summed E-state index contributed by atoms with van der Waals surface area (Å²) in [4.78, 5) is 29.4. The largest absolute Gasteiger partial charge is 0.436 e. The molecule has 2 amide bonds. The fraction of sp³-hybridized carbons (Fsp3) is 0.160. The van der Waals surface area contributed by atoms with Gasteiger partial charge >= 0.3 is 0 Å². The summed E-state index contributed by atoms with van der Waals surface area (Å²) in [7, 11) is 0. The molecule has 160 valence electrons. The number of carbonyl (C=O) groups excluding carboxylic acids is 2. The molecule has 1 aliphatic heterocycles. The van der Waals surface area contributed by atoms with Crippen LogP contribution in [0.4, 0.5) is 11.4 Å². The third-order valence-corrected chi connectivity index (χ3v) is 5.30. The molecule has 2 N–H and O–H groups in total. The molecule has 2 heterocycles. The minimum Gasteiger partial charge on any atom is -0.436 e. The van der Waals surface area contributed by atoms with Gasteiger partial charge in [-0.2, -0.15) is 0 Å². The van der Waals surface area contributed by atoms with Gasteiger partial charge in [-0.1, -0.05) is 18.2 Å². The molecule has 1 aliphatic rings. The Morgan fingerprint density at radius 2 is 1.75 bits per heavy atom. The summed E-state index contributed by atoms with van der Waals surface area (Å²) in [6.07, 6.45) is 1.17. The number of benzene rings is 3.